The molecule has 0 aliphatic carbocycles. The van der Waals surface area contributed by atoms with Crippen molar-refractivity contribution in [2.45, 2.75) is 32.4 Å². The second kappa shape index (κ2) is 8.77. The molecule has 1 fully saturated rings. The molecule has 0 bridgehead atoms. The largest absolute Gasteiger partial charge is 0.465 e. The van der Waals surface area contributed by atoms with E-state index in [9.17, 15) is 9.59 Å². The Morgan fingerprint density at radius 2 is 1.65 bits per heavy atom. The minimum absolute atomic E-state index is 0.0190. The number of carbonyl (C=O) groups excluding carboxylic acids is 2. The van der Waals surface area contributed by atoms with Gasteiger partial charge in [0, 0.05) is 13.1 Å². The van der Waals surface area contributed by atoms with Crippen LogP contribution in [0.3, 0.4) is 0 Å². The lowest BCUT2D eigenvalue weighted by molar-refractivity contribution is -0.155. The van der Waals surface area contributed by atoms with Gasteiger partial charge in [0.2, 0.25) is 0 Å². The van der Waals surface area contributed by atoms with Gasteiger partial charge in [0.25, 0.3) is 0 Å². The van der Waals surface area contributed by atoms with Gasteiger partial charge < -0.3 is 4.74 Å². The normalized spacial score (nSPS) is 20.7. The number of esters is 1. The lowest BCUT2D eigenvalue weighted by Crippen LogP contribution is -2.52. The van der Waals surface area contributed by atoms with E-state index in [1.807, 2.05) is 48.5 Å². The first-order valence-electron chi connectivity index (χ1n) is 9.21. The molecule has 26 heavy (non-hydrogen) atoms. The number of hydrogen-bond acceptors (Lipinski definition) is 4. The molecule has 2 aromatic rings. The van der Waals surface area contributed by atoms with Crippen molar-refractivity contribution in [3.05, 3.63) is 71.8 Å². The summed E-state index contributed by atoms with van der Waals surface area (Å²) in [5.74, 6) is -1.04. The highest BCUT2D eigenvalue weighted by Gasteiger charge is 2.40. The molecule has 4 nitrogen and oxygen atoms in total. The lowest BCUT2D eigenvalue weighted by Gasteiger charge is -2.37. The Kier molecular flexibility index (Phi) is 6.18. The maximum atomic E-state index is 13.1. The molecule has 1 heterocycles. The number of nitrogens with zero attached hydrogens (tertiary/aromatic N) is 1. The van der Waals surface area contributed by atoms with Gasteiger partial charge in [-0.25, -0.2) is 0 Å². The van der Waals surface area contributed by atoms with E-state index in [-0.39, 0.29) is 17.8 Å². The summed E-state index contributed by atoms with van der Waals surface area (Å²) in [6.45, 7) is 3.50. The van der Waals surface area contributed by atoms with E-state index in [0.717, 1.165) is 5.56 Å². The van der Waals surface area contributed by atoms with Gasteiger partial charge in [0.05, 0.1) is 12.6 Å². The standard InChI is InChI=1S/C22H25NO3/c1-2-26-22(25)19-13-14-23(16-18-11-7-4-8-12-18)20(21(19)24)15-17-9-5-3-6-10-17/h3-12,19-20H,2,13-16H2,1H3/t19-,20-/m1/s1. The molecule has 4 heteroatoms. The Balaban J connectivity index is 1.81. The molecule has 0 spiro atoms. The Bertz CT molecular complexity index is 730. The predicted molar refractivity (Wildman–Crippen MR) is 101 cm³/mol. The summed E-state index contributed by atoms with van der Waals surface area (Å²) in [5, 5.41) is 0. The highest BCUT2D eigenvalue weighted by molar-refractivity contribution is 6.02. The highest BCUT2D eigenvalue weighted by atomic mass is 16.5. The van der Waals surface area contributed by atoms with Crippen LogP contribution in [0.25, 0.3) is 0 Å². The SMILES string of the molecule is CCOC(=O)[C@@H]1CCN(Cc2ccccc2)[C@H](Cc2ccccc2)C1=O. The Morgan fingerprint density at radius 1 is 1.04 bits per heavy atom. The van der Waals surface area contributed by atoms with E-state index in [1.54, 1.807) is 6.92 Å². The number of rotatable bonds is 6. The van der Waals surface area contributed by atoms with E-state index >= 15 is 0 Å². The molecule has 1 saturated heterocycles. The predicted octanol–water partition coefficient (Wildman–Crippen LogP) is 3.25. The van der Waals surface area contributed by atoms with Gasteiger partial charge in [-0.2, -0.15) is 0 Å². The van der Waals surface area contributed by atoms with Crippen molar-refractivity contribution in [3.8, 4) is 0 Å². The summed E-state index contributed by atoms with van der Waals surface area (Å²) >= 11 is 0. The van der Waals surface area contributed by atoms with E-state index in [2.05, 4.69) is 17.0 Å². The van der Waals surface area contributed by atoms with Crippen LogP contribution in [0, 0.1) is 5.92 Å². The second-order valence-corrected chi connectivity index (χ2v) is 6.66. The minimum atomic E-state index is -0.643. The third-order valence-corrected chi connectivity index (χ3v) is 4.89. The zero-order valence-electron chi connectivity index (χ0n) is 15.1. The molecule has 0 N–H and O–H groups in total. The van der Waals surface area contributed by atoms with E-state index < -0.39 is 5.92 Å². The molecule has 1 aliphatic heterocycles. The smallest absolute Gasteiger partial charge is 0.316 e. The van der Waals surface area contributed by atoms with Crippen molar-refractivity contribution in [2.75, 3.05) is 13.2 Å². The summed E-state index contributed by atoms with van der Waals surface area (Å²) in [6.07, 6.45) is 1.14. The summed E-state index contributed by atoms with van der Waals surface area (Å²) in [7, 11) is 0. The Morgan fingerprint density at radius 3 is 2.27 bits per heavy atom. The number of Topliss-reactive ketones (excluding diaryl/α,β-unsaturated/α-hetero) is 1. The van der Waals surface area contributed by atoms with Crippen molar-refractivity contribution >= 4 is 11.8 Å². The van der Waals surface area contributed by atoms with Gasteiger partial charge in [0.1, 0.15) is 5.92 Å². The molecule has 0 aromatic heterocycles. The van der Waals surface area contributed by atoms with Gasteiger partial charge in [-0.15, -0.1) is 0 Å². The number of benzene rings is 2. The molecule has 0 radical (unpaired) electrons. The van der Waals surface area contributed by atoms with Crippen LogP contribution in [0.2, 0.25) is 0 Å². The number of likely N-dealkylation sites (tertiary alicyclic amines) is 1. The fourth-order valence-corrected chi connectivity index (χ4v) is 3.56. The maximum absolute atomic E-state index is 13.1. The number of ketones is 1. The van der Waals surface area contributed by atoms with Crippen LogP contribution in [-0.2, 0) is 27.3 Å². The molecule has 0 saturated carbocycles. The molecule has 3 rings (SSSR count). The average molecular weight is 351 g/mol. The quantitative estimate of drug-likeness (QED) is 0.592. The molecular formula is C22H25NO3. The topological polar surface area (TPSA) is 46.6 Å². The number of ether oxygens (including phenoxy) is 1. The summed E-state index contributed by atoms with van der Waals surface area (Å²) in [5.41, 5.74) is 2.28. The molecule has 2 atom stereocenters. The Labute approximate surface area is 154 Å². The molecular weight excluding hydrogens is 326 g/mol. The minimum Gasteiger partial charge on any atom is -0.465 e. The van der Waals surface area contributed by atoms with Crippen molar-refractivity contribution in [1.82, 2.24) is 4.90 Å². The Hall–Kier alpha value is -2.46. The molecule has 2 aromatic carbocycles. The van der Waals surface area contributed by atoms with E-state index in [0.29, 0.717) is 32.5 Å². The van der Waals surface area contributed by atoms with E-state index in [4.69, 9.17) is 4.74 Å². The first kappa shape index (κ1) is 18.3. The highest BCUT2D eigenvalue weighted by Crippen LogP contribution is 2.25. The third-order valence-electron chi connectivity index (χ3n) is 4.89. The van der Waals surface area contributed by atoms with Crippen LogP contribution in [0.5, 0.6) is 0 Å². The van der Waals surface area contributed by atoms with Crippen molar-refractivity contribution in [1.29, 1.82) is 0 Å². The van der Waals surface area contributed by atoms with E-state index in [1.165, 1.54) is 5.56 Å². The lowest BCUT2D eigenvalue weighted by atomic mass is 9.86. The first-order chi connectivity index (χ1) is 12.7. The summed E-state index contributed by atoms with van der Waals surface area (Å²) in [6, 6.07) is 19.8. The molecule has 136 valence electrons. The number of carbonyl (C=O) groups is 2. The summed E-state index contributed by atoms with van der Waals surface area (Å²) in [4.78, 5) is 27.5. The fraction of sp³-hybridized carbons (Fsp3) is 0.364. The third kappa shape index (κ3) is 4.38. The summed E-state index contributed by atoms with van der Waals surface area (Å²) < 4.78 is 5.13. The van der Waals surface area contributed by atoms with Gasteiger partial charge in [-0.05, 0) is 30.9 Å². The van der Waals surface area contributed by atoms with Crippen LogP contribution < -0.4 is 0 Å². The van der Waals surface area contributed by atoms with Gasteiger partial charge in [0.15, 0.2) is 5.78 Å². The molecule has 0 amide bonds. The number of hydrogen-bond donors (Lipinski definition) is 0. The zero-order chi connectivity index (χ0) is 18.4. The zero-order valence-corrected chi connectivity index (χ0v) is 15.1. The first-order valence-corrected chi connectivity index (χ1v) is 9.21. The van der Waals surface area contributed by atoms with Crippen LogP contribution in [-0.4, -0.2) is 35.8 Å². The van der Waals surface area contributed by atoms with Crippen molar-refractivity contribution in [3.63, 3.8) is 0 Å². The fourth-order valence-electron chi connectivity index (χ4n) is 3.56. The van der Waals surface area contributed by atoms with Crippen molar-refractivity contribution < 1.29 is 14.3 Å². The van der Waals surface area contributed by atoms with Gasteiger partial charge >= 0.3 is 5.97 Å². The monoisotopic (exact) mass is 351 g/mol. The maximum Gasteiger partial charge on any atom is 0.316 e. The van der Waals surface area contributed by atoms with Crippen LogP contribution in [0.15, 0.2) is 60.7 Å². The van der Waals surface area contributed by atoms with Crippen LogP contribution in [0.1, 0.15) is 24.5 Å². The van der Waals surface area contributed by atoms with Crippen molar-refractivity contribution in [2.24, 2.45) is 5.92 Å². The van der Waals surface area contributed by atoms with Crippen LogP contribution in [0.4, 0.5) is 0 Å². The van der Waals surface area contributed by atoms with Crippen LogP contribution >= 0.6 is 0 Å². The van der Waals surface area contributed by atoms with Gasteiger partial charge in [-0.1, -0.05) is 60.7 Å². The number of piperidine rings is 1. The second-order valence-electron chi connectivity index (χ2n) is 6.66. The molecule has 1 aliphatic rings. The molecule has 0 unspecified atom stereocenters. The average Bonchev–Trinajstić information content (AvgIpc) is 2.66. The van der Waals surface area contributed by atoms with Gasteiger partial charge in [-0.3, -0.25) is 14.5 Å².